The number of Topliss-reactive ketones (excluding diaryl/α,β-unsaturated/α-hetero) is 1. The second kappa shape index (κ2) is 2.88. The van der Waals surface area contributed by atoms with E-state index >= 15 is 0 Å². The summed E-state index contributed by atoms with van der Waals surface area (Å²) in [5, 5.41) is 0. The molecule has 3 heteroatoms. The van der Waals surface area contributed by atoms with Gasteiger partial charge in [-0.05, 0) is 19.3 Å². The summed E-state index contributed by atoms with van der Waals surface area (Å²) in [6, 6.07) is 0. The largest absolute Gasteiger partial charge is 0.462 e. The number of esters is 1. The summed E-state index contributed by atoms with van der Waals surface area (Å²) in [5.74, 6) is -0.0936. The third-order valence-corrected chi connectivity index (χ3v) is 2.62. The molecule has 0 N–H and O–H groups in total. The Morgan fingerprint density at radius 1 is 1.17 bits per heavy atom. The molecule has 2 fully saturated rings. The number of fused-ring (bicyclic) bond motifs is 3. The maximum absolute atomic E-state index is 11.3. The first-order valence-corrected chi connectivity index (χ1v) is 4.48. The van der Waals surface area contributed by atoms with Crippen LogP contribution in [0.3, 0.4) is 0 Å². The molecule has 12 heavy (non-hydrogen) atoms. The van der Waals surface area contributed by atoms with Gasteiger partial charge in [0.1, 0.15) is 11.9 Å². The zero-order valence-electron chi connectivity index (χ0n) is 6.91. The summed E-state index contributed by atoms with van der Waals surface area (Å²) in [6.45, 7) is 0. The smallest absolute Gasteiger partial charge is 0.309 e. The van der Waals surface area contributed by atoms with Crippen molar-refractivity contribution in [3.8, 4) is 0 Å². The van der Waals surface area contributed by atoms with Crippen molar-refractivity contribution in [1.29, 1.82) is 0 Å². The van der Waals surface area contributed by atoms with Crippen molar-refractivity contribution in [3.05, 3.63) is 0 Å². The van der Waals surface area contributed by atoms with Crippen LogP contribution in [0.15, 0.2) is 0 Å². The number of rotatable bonds is 0. The molecule has 0 aromatic rings. The molecule has 0 spiro atoms. The molecule has 0 amide bonds. The number of hydrogen-bond donors (Lipinski definition) is 0. The van der Waals surface area contributed by atoms with Gasteiger partial charge in [-0.15, -0.1) is 0 Å². The molecule has 0 radical (unpaired) electrons. The Hall–Kier alpha value is -0.860. The molecule has 0 saturated carbocycles. The van der Waals surface area contributed by atoms with Crippen molar-refractivity contribution in [3.63, 3.8) is 0 Å². The fraction of sp³-hybridized carbons (Fsp3) is 0.778. The Morgan fingerprint density at radius 3 is 2.83 bits per heavy atom. The van der Waals surface area contributed by atoms with Gasteiger partial charge in [0.2, 0.25) is 0 Å². The molecule has 2 aliphatic heterocycles. The van der Waals surface area contributed by atoms with Crippen LogP contribution < -0.4 is 0 Å². The predicted octanol–water partition coefficient (Wildman–Crippen LogP) is 1.06. The molecular formula is C9H12O3. The van der Waals surface area contributed by atoms with E-state index in [-0.39, 0.29) is 23.8 Å². The van der Waals surface area contributed by atoms with Crippen molar-refractivity contribution in [2.45, 2.75) is 38.2 Å². The normalized spacial score (nSPS) is 35.7. The van der Waals surface area contributed by atoms with Crippen LogP contribution in [0.25, 0.3) is 0 Å². The van der Waals surface area contributed by atoms with Gasteiger partial charge >= 0.3 is 5.97 Å². The average molecular weight is 168 g/mol. The fourth-order valence-electron chi connectivity index (χ4n) is 1.97. The first-order valence-electron chi connectivity index (χ1n) is 4.48. The van der Waals surface area contributed by atoms with Crippen molar-refractivity contribution in [1.82, 2.24) is 0 Å². The molecule has 66 valence electrons. The lowest BCUT2D eigenvalue weighted by Crippen LogP contribution is -2.16. The van der Waals surface area contributed by atoms with E-state index in [2.05, 4.69) is 0 Å². The molecule has 3 nitrogen and oxygen atoms in total. The quantitative estimate of drug-likeness (QED) is 0.508. The molecule has 2 aliphatic rings. The van der Waals surface area contributed by atoms with Crippen LogP contribution in [0, 0.1) is 5.92 Å². The summed E-state index contributed by atoms with van der Waals surface area (Å²) in [4.78, 5) is 22.5. The first kappa shape index (κ1) is 7.77. The van der Waals surface area contributed by atoms with Crippen molar-refractivity contribution in [2.75, 3.05) is 0 Å². The maximum atomic E-state index is 11.3. The minimum absolute atomic E-state index is 0.113. The van der Waals surface area contributed by atoms with E-state index in [9.17, 15) is 9.59 Å². The Kier molecular flexibility index (Phi) is 1.87. The standard InChI is InChI=1S/C9H12O3/c10-7-4-6-2-1-3-8(5-7)12-9(6)11/h6,8H,1-5H2. The van der Waals surface area contributed by atoms with Gasteiger partial charge in [-0.3, -0.25) is 9.59 Å². The summed E-state index contributed by atoms with van der Waals surface area (Å²) in [6.07, 6.45) is 3.47. The summed E-state index contributed by atoms with van der Waals surface area (Å²) < 4.78 is 5.15. The molecule has 0 aliphatic carbocycles. The first-order chi connectivity index (χ1) is 5.75. The van der Waals surface area contributed by atoms with Gasteiger partial charge in [-0.1, -0.05) is 0 Å². The summed E-state index contributed by atoms with van der Waals surface area (Å²) >= 11 is 0. The highest BCUT2D eigenvalue weighted by Gasteiger charge is 2.34. The van der Waals surface area contributed by atoms with Gasteiger partial charge < -0.3 is 4.74 Å². The van der Waals surface area contributed by atoms with Gasteiger partial charge in [0.15, 0.2) is 0 Å². The Morgan fingerprint density at radius 2 is 2.00 bits per heavy atom. The van der Waals surface area contributed by atoms with Crippen LogP contribution in [-0.4, -0.2) is 17.9 Å². The van der Waals surface area contributed by atoms with Crippen LogP contribution in [0.5, 0.6) is 0 Å². The van der Waals surface area contributed by atoms with E-state index in [0.29, 0.717) is 12.8 Å². The van der Waals surface area contributed by atoms with Gasteiger partial charge in [0.25, 0.3) is 0 Å². The van der Waals surface area contributed by atoms with E-state index in [1.54, 1.807) is 0 Å². The van der Waals surface area contributed by atoms with E-state index in [1.165, 1.54) is 0 Å². The van der Waals surface area contributed by atoms with Crippen LogP contribution in [0.1, 0.15) is 32.1 Å². The highest BCUT2D eigenvalue weighted by Crippen LogP contribution is 2.28. The lowest BCUT2D eigenvalue weighted by atomic mass is 9.91. The minimum atomic E-state index is -0.150. The molecule has 2 rings (SSSR count). The zero-order valence-corrected chi connectivity index (χ0v) is 6.91. The minimum Gasteiger partial charge on any atom is -0.462 e. The topological polar surface area (TPSA) is 43.4 Å². The van der Waals surface area contributed by atoms with E-state index in [0.717, 1.165) is 19.3 Å². The Labute approximate surface area is 71.1 Å². The summed E-state index contributed by atoms with van der Waals surface area (Å²) in [7, 11) is 0. The number of ketones is 1. The number of hydrogen-bond acceptors (Lipinski definition) is 3. The molecule has 0 aromatic heterocycles. The van der Waals surface area contributed by atoms with Crippen LogP contribution in [0.2, 0.25) is 0 Å². The second-order valence-corrected chi connectivity index (χ2v) is 3.63. The number of ether oxygens (including phenoxy) is 1. The zero-order chi connectivity index (χ0) is 8.55. The van der Waals surface area contributed by atoms with E-state index < -0.39 is 0 Å². The Bertz CT molecular complexity index is 222. The number of carbonyl (C=O) groups excluding carboxylic acids is 2. The van der Waals surface area contributed by atoms with Gasteiger partial charge in [0.05, 0.1) is 5.92 Å². The molecule has 2 heterocycles. The lowest BCUT2D eigenvalue weighted by Gasteiger charge is -2.11. The summed E-state index contributed by atoms with van der Waals surface area (Å²) in [5.41, 5.74) is 0. The maximum Gasteiger partial charge on any atom is 0.309 e. The highest BCUT2D eigenvalue weighted by atomic mass is 16.5. The van der Waals surface area contributed by atoms with Gasteiger partial charge in [-0.2, -0.15) is 0 Å². The lowest BCUT2D eigenvalue weighted by molar-refractivity contribution is -0.151. The number of carbonyl (C=O) groups is 2. The third kappa shape index (κ3) is 1.36. The highest BCUT2D eigenvalue weighted by molar-refractivity contribution is 5.86. The van der Waals surface area contributed by atoms with Gasteiger partial charge in [-0.25, -0.2) is 0 Å². The van der Waals surface area contributed by atoms with Crippen LogP contribution >= 0.6 is 0 Å². The van der Waals surface area contributed by atoms with Crippen molar-refractivity contribution < 1.29 is 14.3 Å². The fourth-order valence-corrected chi connectivity index (χ4v) is 1.97. The third-order valence-electron chi connectivity index (χ3n) is 2.62. The molecule has 2 saturated heterocycles. The van der Waals surface area contributed by atoms with Gasteiger partial charge in [0, 0.05) is 12.8 Å². The SMILES string of the molecule is O=C1CC2CCCC(C1)C(=O)O2. The van der Waals surface area contributed by atoms with Crippen molar-refractivity contribution in [2.24, 2.45) is 5.92 Å². The van der Waals surface area contributed by atoms with Crippen molar-refractivity contribution >= 4 is 11.8 Å². The molecule has 2 unspecified atom stereocenters. The van der Waals surface area contributed by atoms with E-state index in [1.807, 2.05) is 0 Å². The van der Waals surface area contributed by atoms with Crippen LogP contribution in [-0.2, 0) is 14.3 Å². The Balaban J connectivity index is 2.21. The van der Waals surface area contributed by atoms with E-state index in [4.69, 9.17) is 4.74 Å². The predicted molar refractivity (Wildman–Crippen MR) is 41.5 cm³/mol. The second-order valence-electron chi connectivity index (χ2n) is 3.63. The molecule has 2 bridgehead atoms. The molecule has 0 aromatic carbocycles. The monoisotopic (exact) mass is 168 g/mol. The average Bonchev–Trinajstić information content (AvgIpc) is 2.18. The molecular weight excluding hydrogens is 156 g/mol. The van der Waals surface area contributed by atoms with Crippen LogP contribution in [0.4, 0.5) is 0 Å². The molecule has 2 atom stereocenters.